The summed E-state index contributed by atoms with van der Waals surface area (Å²) in [6.45, 7) is 5.33. The second-order valence-electron chi connectivity index (χ2n) is 8.71. The summed E-state index contributed by atoms with van der Waals surface area (Å²) in [6, 6.07) is 10.3. The van der Waals surface area contributed by atoms with E-state index in [9.17, 15) is 16.8 Å². The van der Waals surface area contributed by atoms with Gasteiger partial charge in [-0.15, -0.1) is 24.8 Å². The number of fused-ring (bicyclic) bond motifs is 2. The second-order valence-corrected chi connectivity index (χ2v) is 11.8. The van der Waals surface area contributed by atoms with E-state index in [1.165, 1.54) is 11.1 Å². The van der Waals surface area contributed by atoms with Crippen LogP contribution in [-0.4, -0.2) is 52.8 Å². The van der Waals surface area contributed by atoms with E-state index in [-0.39, 0.29) is 34.6 Å². The molecular weight excluding hydrogens is 519 g/mol. The fourth-order valence-electron chi connectivity index (χ4n) is 4.59. The minimum absolute atomic E-state index is 0. The average Bonchev–Trinajstić information content (AvgIpc) is 2.74. The lowest BCUT2D eigenvalue weighted by molar-refractivity contribution is 0.222. The standard InChI is InChI=1S/C22H30N4O4S2.2ClH/c23-31(27,28)21-5-3-17-7-11-25(15-19(17)13-21)9-1-2-10-26-12-8-18-4-6-22(32(24,29)30)14-20(18)16-26;;/h3-6,13-14H,1-2,7-12,15-16H2,(H2,23,27,28)(H2,24,29,30);2*1H. The number of hydrogen-bond donors (Lipinski definition) is 2. The zero-order chi connectivity index (χ0) is 22.9. The van der Waals surface area contributed by atoms with Crippen molar-refractivity contribution in [3.05, 3.63) is 58.7 Å². The van der Waals surface area contributed by atoms with Crippen LogP contribution in [0, 0.1) is 0 Å². The van der Waals surface area contributed by atoms with Crippen LogP contribution in [0.15, 0.2) is 46.2 Å². The molecular formula is C22H32Cl2N4O4S2. The number of benzene rings is 2. The lowest BCUT2D eigenvalue weighted by atomic mass is 9.99. The van der Waals surface area contributed by atoms with Crippen molar-refractivity contribution in [2.24, 2.45) is 10.3 Å². The molecule has 0 bridgehead atoms. The van der Waals surface area contributed by atoms with Crippen molar-refractivity contribution >= 4 is 44.9 Å². The molecule has 0 saturated carbocycles. The first-order valence-electron chi connectivity index (χ1n) is 10.8. The van der Waals surface area contributed by atoms with Gasteiger partial charge >= 0.3 is 0 Å². The Kier molecular flexibility index (Phi) is 9.95. The molecule has 4 N–H and O–H groups in total. The molecule has 2 aromatic carbocycles. The molecule has 0 aromatic heterocycles. The molecule has 4 rings (SSSR count). The maximum absolute atomic E-state index is 11.6. The number of halogens is 2. The third kappa shape index (κ3) is 7.14. The number of hydrogen-bond acceptors (Lipinski definition) is 6. The van der Waals surface area contributed by atoms with Gasteiger partial charge in [0.05, 0.1) is 9.79 Å². The predicted molar refractivity (Wildman–Crippen MR) is 137 cm³/mol. The summed E-state index contributed by atoms with van der Waals surface area (Å²) in [6.07, 6.45) is 3.92. The highest BCUT2D eigenvalue weighted by Gasteiger charge is 2.20. The molecule has 2 heterocycles. The van der Waals surface area contributed by atoms with Crippen molar-refractivity contribution in [1.29, 1.82) is 0 Å². The average molecular weight is 552 g/mol. The van der Waals surface area contributed by atoms with Crippen LogP contribution in [0.2, 0.25) is 0 Å². The molecule has 2 aliphatic heterocycles. The Balaban J connectivity index is 0.00000204. The maximum atomic E-state index is 11.6. The molecule has 12 heteroatoms. The number of nitrogens with zero attached hydrogens (tertiary/aromatic N) is 2. The van der Waals surface area contributed by atoms with Crippen LogP contribution in [0.25, 0.3) is 0 Å². The minimum atomic E-state index is -3.68. The summed E-state index contributed by atoms with van der Waals surface area (Å²) in [5, 5.41) is 10.5. The van der Waals surface area contributed by atoms with Gasteiger partial charge in [-0.3, -0.25) is 9.80 Å². The molecule has 190 valence electrons. The molecule has 0 atom stereocenters. The third-order valence-corrected chi connectivity index (χ3v) is 8.22. The Hall–Kier alpha value is -1.24. The van der Waals surface area contributed by atoms with Gasteiger partial charge in [0.1, 0.15) is 0 Å². The molecule has 8 nitrogen and oxygen atoms in total. The van der Waals surface area contributed by atoms with E-state index in [0.29, 0.717) is 0 Å². The summed E-state index contributed by atoms with van der Waals surface area (Å²) in [7, 11) is -7.37. The normalized spacial score (nSPS) is 16.6. The van der Waals surface area contributed by atoms with E-state index in [4.69, 9.17) is 10.3 Å². The molecule has 2 aromatic rings. The molecule has 34 heavy (non-hydrogen) atoms. The van der Waals surface area contributed by atoms with Gasteiger partial charge in [0.25, 0.3) is 0 Å². The van der Waals surface area contributed by atoms with Gasteiger partial charge < -0.3 is 0 Å². The molecule has 0 amide bonds. The number of sulfonamides is 2. The molecule has 0 spiro atoms. The number of primary sulfonamides is 2. The summed E-state index contributed by atoms with van der Waals surface area (Å²) in [4.78, 5) is 5.07. The number of nitrogens with two attached hydrogens (primary N) is 2. The van der Waals surface area contributed by atoms with Crippen LogP contribution in [-0.2, 0) is 46.0 Å². The van der Waals surface area contributed by atoms with Gasteiger partial charge in [-0.1, -0.05) is 12.1 Å². The van der Waals surface area contributed by atoms with Crippen molar-refractivity contribution in [3.63, 3.8) is 0 Å². The fraction of sp³-hybridized carbons (Fsp3) is 0.455. The highest BCUT2D eigenvalue weighted by Crippen LogP contribution is 2.24. The van der Waals surface area contributed by atoms with E-state index in [1.807, 2.05) is 12.1 Å². The van der Waals surface area contributed by atoms with Crippen LogP contribution in [0.1, 0.15) is 35.1 Å². The first-order valence-corrected chi connectivity index (χ1v) is 13.9. The smallest absolute Gasteiger partial charge is 0.238 e. The molecule has 0 saturated heterocycles. The summed E-state index contributed by atoms with van der Waals surface area (Å²) >= 11 is 0. The minimum Gasteiger partial charge on any atom is -0.299 e. The zero-order valence-corrected chi connectivity index (χ0v) is 22.1. The molecule has 0 radical (unpaired) electrons. The van der Waals surface area contributed by atoms with E-state index in [2.05, 4.69) is 9.80 Å². The lowest BCUT2D eigenvalue weighted by Crippen LogP contribution is -2.33. The van der Waals surface area contributed by atoms with Crippen molar-refractivity contribution < 1.29 is 16.8 Å². The van der Waals surface area contributed by atoms with Gasteiger partial charge in [-0.2, -0.15) is 0 Å². The van der Waals surface area contributed by atoms with Crippen LogP contribution in [0.5, 0.6) is 0 Å². The summed E-state index contributed by atoms with van der Waals surface area (Å²) < 4.78 is 46.5. The largest absolute Gasteiger partial charge is 0.299 e. The first-order chi connectivity index (χ1) is 15.1. The van der Waals surface area contributed by atoms with Crippen molar-refractivity contribution in [1.82, 2.24) is 9.80 Å². The van der Waals surface area contributed by atoms with Gasteiger partial charge in [0.15, 0.2) is 0 Å². The van der Waals surface area contributed by atoms with Crippen LogP contribution in [0.3, 0.4) is 0 Å². The monoisotopic (exact) mass is 550 g/mol. The molecule has 0 aliphatic carbocycles. The van der Waals surface area contributed by atoms with Crippen molar-refractivity contribution in [2.75, 3.05) is 26.2 Å². The van der Waals surface area contributed by atoms with Crippen LogP contribution in [0.4, 0.5) is 0 Å². The van der Waals surface area contributed by atoms with Gasteiger partial charge in [-0.25, -0.2) is 27.1 Å². The summed E-state index contributed by atoms with van der Waals surface area (Å²) in [5.74, 6) is 0. The molecule has 2 aliphatic rings. The Labute approximate surface area is 214 Å². The fourth-order valence-corrected chi connectivity index (χ4v) is 5.72. The zero-order valence-electron chi connectivity index (χ0n) is 18.9. The topological polar surface area (TPSA) is 127 Å². The van der Waals surface area contributed by atoms with Crippen LogP contribution < -0.4 is 10.3 Å². The quantitative estimate of drug-likeness (QED) is 0.507. The number of rotatable bonds is 7. The first kappa shape index (κ1) is 29.0. The highest BCUT2D eigenvalue weighted by atomic mass is 35.5. The van der Waals surface area contributed by atoms with E-state index in [0.717, 1.165) is 76.1 Å². The van der Waals surface area contributed by atoms with Gasteiger partial charge in [-0.05, 0) is 85.3 Å². The van der Waals surface area contributed by atoms with Gasteiger partial charge in [0.2, 0.25) is 20.0 Å². The van der Waals surface area contributed by atoms with Gasteiger partial charge in [0, 0.05) is 26.2 Å². The van der Waals surface area contributed by atoms with Crippen LogP contribution >= 0.6 is 24.8 Å². The third-order valence-electron chi connectivity index (χ3n) is 6.39. The lowest BCUT2D eigenvalue weighted by Gasteiger charge is -2.31. The second kappa shape index (κ2) is 11.7. The summed E-state index contributed by atoms with van der Waals surface area (Å²) in [5.41, 5.74) is 4.47. The van der Waals surface area contributed by atoms with Crippen molar-refractivity contribution in [2.45, 2.75) is 48.6 Å². The predicted octanol–water partition coefficient (Wildman–Crippen LogP) is 2.02. The SMILES string of the molecule is Cl.Cl.NS(=O)(=O)c1ccc2c(c1)CN(CCCCN1CCc3ccc(S(N)(=O)=O)cc3C1)CC2. The van der Waals surface area contributed by atoms with E-state index in [1.54, 1.807) is 24.3 Å². The Bertz CT molecular complexity index is 1130. The van der Waals surface area contributed by atoms with E-state index >= 15 is 0 Å². The molecule has 0 unspecified atom stereocenters. The Morgan fingerprint density at radius 3 is 1.38 bits per heavy atom. The molecule has 0 fully saturated rings. The Morgan fingerprint density at radius 2 is 1.03 bits per heavy atom. The van der Waals surface area contributed by atoms with E-state index < -0.39 is 20.0 Å². The van der Waals surface area contributed by atoms with Crippen molar-refractivity contribution in [3.8, 4) is 0 Å². The number of unbranched alkanes of at least 4 members (excludes halogenated alkanes) is 1. The maximum Gasteiger partial charge on any atom is 0.238 e. The highest BCUT2D eigenvalue weighted by molar-refractivity contribution is 7.89. The Morgan fingerprint density at radius 1 is 0.647 bits per heavy atom.